The van der Waals surface area contributed by atoms with E-state index in [1.807, 2.05) is 60.7 Å². The summed E-state index contributed by atoms with van der Waals surface area (Å²) in [5, 5.41) is 11.9. The summed E-state index contributed by atoms with van der Waals surface area (Å²) in [7, 11) is 0. The average molecular weight is 368 g/mol. The zero-order valence-corrected chi connectivity index (χ0v) is 15.4. The van der Waals surface area contributed by atoms with E-state index >= 15 is 0 Å². The molecule has 5 nitrogen and oxygen atoms in total. The van der Waals surface area contributed by atoms with Gasteiger partial charge in [0.1, 0.15) is 0 Å². The van der Waals surface area contributed by atoms with Crippen molar-refractivity contribution in [3.8, 4) is 0 Å². The Labute approximate surface area is 153 Å². The van der Waals surface area contributed by atoms with Crippen LogP contribution in [0.2, 0.25) is 0 Å². The van der Waals surface area contributed by atoms with Crippen molar-refractivity contribution in [1.82, 2.24) is 14.6 Å². The topological polar surface area (TPSA) is 59.3 Å². The first-order valence-electron chi connectivity index (χ1n) is 7.88. The van der Waals surface area contributed by atoms with Gasteiger partial charge in [-0.2, -0.15) is 0 Å². The van der Waals surface area contributed by atoms with Crippen LogP contribution in [0, 0.1) is 6.92 Å². The summed E-state index contributed by atoms with van der Waals surface area (Å²) in [6, 6.07) is 15.9. The van der Waals surface area contributed by atoms with Crippen LogP contribution in [0.5, 0.6) is 0 Å². The van der Waals surface area contributed by atoms with Crippen molar-refractivity contribution < 1.29 is 4.79 Å². The van der Waals surface area contributed by atoms with Gasteiger partial charge in [0, 0.05) is 5.69 Å². The van der Waals surface area contributed by atoms with E-state index in [-0.39, 0.29) is 11.2 Å². The molecule has 2 heterocycles. The molecule has 0 saturated carbocycles. The Kier molecular flexibility index (Phi) is 4.19. The minimum Gasteiger partial charge on any atom is -0.325 e. The molecule has 2 aromatic heterocycles. The summed E-state index contributed by atoms with van der Waals surface area (Å²) in [6.07, 6.45) is 0. The number of hydrogen-bond acceptors (Lipinski definition) is 5. The number of amides is 1. The van der Waals surface area contributed by atoms with Gasteiger partial charge in [0.05, 0.1) is 15.5 Å². The van der Waals surface area contributed by atoms with Crippen molar-refractivity contribution in [3.05, 3.63) is 54.1 Å². The van der Waals surface area contributed by atoms with Crippen LogP contribution >= 0.6 is 23.1 Å². The molecule has 4 aromatic rings. The minimum absolute atomic E-state index is 0.0508. The molecule has 0 spiro atoms. The van der Waals surface area contributed by atoms with Crippen molar-refractivity contribution in [2.45, 2.75) is 24.3 Å². The van der Waals surface area contributed by atoms with Crippen LogP contribution in [0.1, 0.15) is 12.5 Å². The maximum Gasteiger partial charge on any atom is 0.237 e. The first kappa shape index (κ1) is 16.1. The van der Waals surface area contributed by atoms with E-state index < -0.39 is 0 Å². The van der Waals surface area contributed by atoms with Gasteiger partial charge in [-0.1, -0.05) is 52.9 Å². The molecule has 7 heteroatoms. The van der Waals surface area contributed by atoms with E-state index in [0.717, 1.165) is 31.6 Å². The molecule has 0 aliphatic heterocycles. The fraction of sp³-hybridized carbons (Fsp3) is 0.167. The van der Waals surface area contributed by atoms with Crippen molar-refractivity contribution in [1.29, 1.82) is 0 Å². The lowest BCUT2D eigenvalue weighted by Gasteiger charge is -2.11. The summed E-state index contributed by atoms with van der Waals surface area (Å²) >= 11 is 3.01. The van der Waals surface area contributed by atoms with Crippen LogP contribution in [0.3, 0.4) is 0 Å². The number of aromatic nitrogens is 3. The Morgan fingerprint density at radius 3 is 2.72 bits per heavy atom. The second kappa shape index (κ2) is 6.50. The number of anilines is 1. The number of hydrogen-bond donors (Lipinski definition) is 1. The summed E-state index contributed by atoms with van der Waals surface area (Å²) in [6.45, 7) is 3.90. The summed E-state index contributed by atoms with van der Waals surface area (Å²) < 4.78 is 3.17. The highest BCUT2D eigenvalue weighted by Crippen LogP contribution is 2.31. The second-order valence-electron chi connectivity index (χ2n) is 5.79. The summed E-state index contributed by atoms with van der Waals surface area (Å²) in [4.78, 5) is 13.3. The van der Waals surface area contributed by atoms with Crippen LogP contribution in [0.15, 0.2) is 53.7 Å². The summed E-state index contributed by atoms with van der Waals surface area (Å²) in [5.74, 6) is -0.0508. The SMILES string of the molecule is Cc1ccc(NC(=O)C(C)Sc2nnc3sc4ccccc4n23)cc1. The molecule has 25 heavy (non-hydrogen) atoms. The van der Waals surface area contributed by atoms with E-state index in [4.69, 9.17) is 0 Å². The molecule has 1 amide bonds. The molecule has 2 aromatic carbocycles. The quantitative estimate of drug-likeness (QED) is 0.543. The van der Waals surface area contributed by atoms with E-state index in [9.17, 15) is 4.79 Å². The first-order chi connectivity index (χ1) is 12.1. The van der Waals surface area contributed by atoms with Crippen LogP contribution in [0.25, 0.3) is 15.2 Å². The fourth-order valence-electron chi connectivity index (χ4n) is 2.52. The average Bonchev–Trinajstić information content (AvgIpc) is 3.16. The van der Waals surface area contributed by atoms with Gasteiger partial charge in [-0.05, 0) is 38.1 Å². The van der Waals surface area contributed by atoms with Crippen molar-refractivity contribution in [3.63, 3.8) is 0 Å². The van der Waals surface area contributed by atoms with Gasteiger partial charge in [-0.25, -0.2) is 0 Å². The Morgan fingerprint density at radius 2 is 1.92 bits per heavy atom. The minimum atomic E-state index is -0.285. The molecule has 0 radical (unpaired) electrons. The lowest BCUT2D eigenvalue weighted by Crippen LogP contribution is -2.22. The number of thiazole rings is 1. The van der Waals surface area contributed by atoms with Gasteiger partial charge in [0.2, 0.25) is 10.9 Å². The number of thioether (sulfide) groups is 1. The van der Waals surface area contributed by atoms with E-state index in [1.54, 1.807) is 11.3 Å². The number of nitrogens with one attached hydrogen (secondary N) is 1. The smallest absolute Gasteiger partial charge is 0.237 e. The van der Waals surface area contributed by atoms with Gasteiger partial charge in [0.25, 0.3) is 0 Å². The van der Waals surface area contributed by atoms with E-state index in [0.29, 0.717) is 0 Å². The third-order valence-electron chi connectivity index (χ3n) is 3.88. The number of para-hydroxylation sites is 1. The Hall–Kier alpha value is -2.38. The number of carbonyl (C=O) groups is 1. The van der Waals surface area contributed by atoms with Crippen molar-refractivity contribution in [2.24, 2.45) is 0 Å². The Morgan fingerprint density at radius 1 is 1.16 bits per heavy atom. The zero-order valence-electron chi connectivity index (χ0n) is 13.8. The van der Waals surface area contributed by atoms with Crippen molar-refractivity contribution >= 4 is 49.9 Å². The number of nitrogens with zero attached hydrogens (tertiary/aromatic N) is 3. The highest BCUT2D eigenvalue weighted by Gasteiger charge is 2.20. The molecule has 0 aliphatic carbocycles. The largest absolute Gasteiger partial charge is 0.325 e. The molecular weight excluding hydrogens is 352 g/mol. The number of fused-ring (bicyclic) bond motifs is 3. The van der Waals surface area contributed by atoms with E-state index in [2.05, 4.69) is 21.6 Å². The Bertz CT molecular complexity index is 1050. The predicted octanol–water partition coefficient (Wildman–Crippen LogP) is 4.37. The fourth-order valence-corrected chi connectivity index (χ4v) is 4.41. The van der Waals surface area contributed by atoms with Gasteiger partial charge < -0.3 is 5.32 Å². The van der Waals surface area contributed by atoms with E-state index in [1.165, 1.54) is 11.8 Å². The van der Waals surface area contributed by atoms with Crippen molar-refractivity contribution in [2.75, 3.05) is 5.32 Å². The maximum absolute atomic E-state index is 12.5. The standard InChI is InChI=1S/C18H16N4OS2/c1-11-7-9-13(10-8-11)19-16(23)12(2)24-17-20-21-18-22(17)14-5-3-4-6-15(14)25-18/h3-10,12H,1-2H3,(H,19,23). The number of benzene rings is 2. The second-order valence-corrected chi connectivity index (χ2v) is 8.10. The molecule has 1 atom stereocenters. The van der Waals surface area contributed by atoms with Crippen LogP contribution < -0.4 is 5.32 Å². The number of aryl methyl sites for hydroxylation is 1. The Balaban J connectivity index is 1.56. The number of rotatable bonds is 4. The van der Waals surface area contributed by atoms with Gasteiger partial charge in [0.15, 0.2) is 5.16 Å². The zero-order chi connectivity index (χ0) is 17.4. The van der Waals surface area contributed by atoms with Gasteiger partial charge in [-0.15, -0.1) is 10.2 Å². The predicted molar refractivity (Wildman–Crippen MR) is 103 cm³/mol. The molecule has 126 valence electrons. The molecule has 0 bridgehead atoms. The summed E-state index contributed by atoms with van der Waals surface area (Å²) in [5.41, 5.74) is 3.03. The highest BCUT2D eigenvalue weighted by molar-refractivity contribution is 8.00. The molecule has 1 N–H and O–H groups in total. The number of carbonyl (C=O) groups excluding carboxylic acids is 1. The lowest BCUT2D eigenvalue weighted by atomic mass is 10.2. The molecule has 4 rings (SSSR count). The monoisotopic (exact) mass is 368 g/mol. The van der Waals surface area contributed by atoms with Crippen LogP contribution in [0.4, 0.5) is 5.69 Å². The molecule has 0 aliphatic rings. The molecule has 0 saturated heterocycles. The van der Waals surface area contributed by atoms with Crippen LogP contribution in [-0.2, 0) is 4.79 Å². The third kappa shape index (κ3) is 3.12. The normalized spacial score (nSPS) is 12.6. The third-order valence-corrected chi connectivity index (χ3v) is 5.94. The highest BCUT2D eigenvalue weighted by atomic mass is 32.2. The lowest BCUT2D eigenvalue weighted by molar-refractivity contribution is -0.115. The maximum atomic E-state index is 12.5. The van der Waals surface area contributed by atoms with Gasteiger partial charge in [-0.3, -0.25) is 9.20 Å². The molecule has 0 fully saturated rings. The van der Waals surface area contributed by atoms with Crippen LogP contribution in [-0.4, -0.2) is 25.8 Å². The van der Waals surface area contributed by atoms with Gasteiger partial charge >= 0.3 is 0 Å². The first-order valence-corrected chi connectivity index (χ1v) is 9.58. The molecule has 1 unspecified atom stereocenters. The molecular formula is C18H16N4OS2.